The Morgan fingerprint density at radius 3 is 2.24 bits per heavy atom. The molecule has 4 atom stereocenters. The number of nitrogens with two attached hydrogens (primary N) is 2. The maximum Gasteiger partial charge on any atom is 0.326 e. The zero-order valence-electron chi connectivity index (χ0n) is 18.9. The van der Waals surface area contributed by atoms with Gasteiger partial charge in [-0.15, -0.1) is 0 Å². The quantitative estimate of drug-likeness (QED) is 0.108. The van der Waals surface area contributed by atoms with Gasteiger partial charge in [-0.3, -0.25) is 14.4 Å². The van der Waals surface area contributed by atoms with Gasteiger partial charge in [-0.1, -0.05) is 20.3 Å². The van der Waals surface area contributed by atoms with Crippen LogP contribution in [0, 0.1) is 5.92 Å². The molecule has 0 aliphatic carbocycles. The lowest BCUT2D eigenvalue weighted by atomic mass is 10.0. The number of carboxylic acid groups (broad SMARTS) is 1. The molecule has 4 unspecified atom stereocenters. The Labute approximate surface area is 198 Å². The summed E-state index contributed by atoms with van der Waals surface area (Å²) in [5.74, 6) is -3.43. The van der Waals surface area contributed by atoms with Gasteiger partial charge in [0.25, 0.3) is 0 Å². The maximum absolute atomic E-state index is 12.9. The van der Waals surface area contributed by atoms with Gasteiger partial charge in [-0.05, 0) is 25.3 Å². The fourth-order valence-corrected chi connectivity index (χ4v) is 3.23. The molecule has 3 amide bonds. The van der Waals surface area contributed by atoms with Crippen LogP contribution in [0.1, 0.15) is 38.8 Å². The van der Waals surface area contributed by atoms with Crippen molar-refractivity contribution in [3.05, 3.63) is 18.2 Å². The van der Waals surface area contributed by atoms with Gasteiger partial charge in [0.15, 0.2) is 0 Å². The van der Waals surface area contributed by atoms with Crippen LogP contribution in [-0.2, 0) is 25.6 Å². The first kappa shape index (κ1) is 28.4. The van der Waals surface area contributed by atoms with Crippen molar-refractivity contribution < 1.29 is 24.3 Å². The molecule has 1 heterocycles. The van der Waals surface area contributed by atoms with Crippen molar-refractivity contribution in [2.75, 3.05) is 12.3 Å². The van der Waals surface area contributed by atoms with E-state index in [-0.39, 0.29) is 18.1 Å². The summed E-state index contributed by atoms with van der Waals surface area (Å²) in [4.78, 5) is 56.2. The molecule has 1 aromatic rings. The van der Waals surface area contributed by atoms with Gasteiger partial charge in [0, 0.05) is 24.1 Å². The molecule has 186 valence electrons. The van der Waals surface area contributed by atoms with E-state index in [1.807, 2.05) is 0 Å². The number of aromatic amines is 1. The van der Waals surface area contributed by atoms with Crippen LogP contribution >= 0.6 is 12.6 Å². The summed E-state index contributed by atoms with van der Waals surface area (Å²) in [6.45, 7) is 3.81. The van der Waals surface area contributed by atoms with Crippen molar-refractivity contribution in [1.29, 1.82) is 0 Å². The Hall–Kier alpha value is -2.64. The fraction of sp³-hybridized carbons (Fsp3) is 0.650. The van der Waals surface area contributed by atoms with Gasteiger partial charge in [0.05, 0.1) is 12.4 Å². The van der Waals surface area contributed by atoms with E-state index in [2.05, 4.69) is 38.5 Å². The zero-order valence-corrected chi connectivity index (χ0v) is 19.8. The number of aromatic nitrogens is 2. The lowest BCUT2D eigenvalue weighted by Gasteiger charge is -2.25. The average molecular weight is 486 g/mol. The van der Waals surface area contributed by atoms with Crippen LogP contribution in [-0.4, -0.2) is 75.2 Å². The summed E-state index contributed by atoms with van der Waals surface area (Å²) in [6.07, 6.45) is 4.77. The smallest absolute Gasteiger partial charge is 0.326 e. The monoisotopic (exact) mass is 485 g/mol. The van der Waals surface area contributed by atoms with Gasteiger partial charge in [0.2, 0.25) is 17.7 Å². The second-order valence-electron chi connectivity index (χ2n) is 8.05. The van der Waals surface area contributed by atoms with E-state index in [0.717, 1.165) is 6.42 Å². The third-order valence-electron chi connectivity index (χ3n) is 4.96. The largest absolute Gasteiger partial charge is 0.480 e. The molecule has 33 heavy (non-hydrogen) atoms. The van der Waals surface area contributed by atoms with Crippen LogP contribution in [0.25, 0.3) is 0 Å². The zero-order chi connectivity index (χ0) is 25.0. The highest BCUT2D eigenvalue weighted by molar-refractivity contribution is 7.80. The van der Waals surface area contributed by atoms with Crippen molar-refractivity contribution in [2.24, 2.45) is 17.4 Å². The number of hydrogen-bond acceptors (Lipinski definition) is 8. The molecule has 0 bridgehead atoms. The number of rotatable bonds is 15. The Balaban J connectivity index is 2.88. The number of nitrogens with one attached hydrogen (secondary N) is 4. The molecule has 0 aromatic carbocycles. The molecule has 0 fully saturated rings. The first-order chi connectivity index (χ1) is 15.6. The molecule has 9 N–H and O–H groups in total. The predicted octanol–water partition coefficient (Wildman–Crippen LogP) is -1.47. The predicted molar refractivity (Wildman–Crippen MR) is 125 cm³/mol. The summed E-state index contributed by atoms with van der Waals surface area (Å²) in [5, 5.41) is 16.9. The first-order valence-electron chi connectivity index (χ1n) is 10.8. The molecule has 1 rings (SSSR count). The van der Waals surface area contributed by atoms with Crippen LogP contribution in [0.4, 0.5) is 0 Å². The second kappa shape index (κ2) is 14.5. The number of unbranched alkanes of at least 4 members (excludes halogenated alkanes) is 1. The molecule has 12 nitrogen and oxygen atoms in total. The van der Waals surface area contributed by atoms with Crippen LogP contribution in [0.3, 0.4) is 0 Å². The summed E-state index contributed by atoms with van der Waals surface area (Å²) in [5.41, 5.74) is 11.9. The van der Waals surface area contributed by atoms with E-state index in [1.54, 1.807) is 13.8 Å². The Morgan fingerprint density at radius 1 is 1.09 bits per heavy atom. The van der Waals surface area contributed by atoms with Gasteiger partial charge in [-0.25, -0.2) is 9.78 Å². The van der Waals surface area contributed by atoms with Crippen molar-refractivity contribution in [1.82, 2.24) is 25.9 Å². The van der Waals surface area contributed by atoms with E-state index in [1.165, 1.54) is 12.5 Å². The fourth-order valence-electron chi connectivity index (χ4n) is 2.98. The van der Waals surface area contributed by atoms with Crippen molar-refractivity contribution in [3.63, 3.8) is 0 Å². The Morgan fingerprint density at radius 2 is 1.73 bits per heavy atom. The van der Waals surface area contributed by atoms with Crippen LogP contribution < -0.4 is 27.4 Å². The van der Waals surface area contributed by atoms with Gasteiger partial charge < -0.3 is 37.5 Å². The van der Waals surface area contributed by atoms with Crippen molar-refractivity contribution >= 4 is 36.3 Å². The molecule has 1 aromatic heterocycles. The summed E-state index contributed by atoms with van der Waals surface area (Å²) >= 11 is 4.13. The normalized spacial score (nSPS) is 14.7. The molecule has 0 radical (unpaired) electrons. The van der Waals surface area contributed by atoms with E-state index in [9.17, 15) is 24.3 Å². The number of H-pyrrole nitrogens is 1. The summed E-state index contributed by atoms with van der Waals surface area (Å²) < 4.78 is 0. The number of hydrogen-bond donors (Lipinski definition) is 8. The minimum absolute atomic E-state index is 0.0325. The number of carboxylic acids is 1. The molecular weight excluding hydrogens is 450 g/mol. The number of nitrogens with zero attached hydrogens (tertiary/aromatic N) is 1. The number of carbonyl (C=O) groups excluding carboxylic acids is 3. The number of aliphatic carboxylic acids is 1. The topological polar surface area (TPSA) is 205 Å². The molecule has 13 heteroatoms. The van der Waals surface area contributed by atoms with Gasteiger partial charge in [0.1, 0.15) is 18.1 Å². The van der Waals surface area contributed by atoms with Crippen LogP contribution in [0.2, 0.25) is 0 Å². The van der Waals surface area contributed by atoms with Crippen LogP contribution in [0.15, 0.2) is 12.5 Å². The minimum Gasteiger partial charge on any atom is -0.480 e. The van der Waals surface area contributed by atoms with E-state index >= 15 is 0 Å². The van der Waals surface area contributed by atoms with E-state index in [4.69, 9.17) is 11.5 Å². The molecule has 0 saturated carbocycles. The third kappa shape index (κ3) is 9.80. The van der Waals surface area contributed by atoms with Crippen molar-refractivity contribution in [3.8, 4) is 0 Å². The van der Waals surface area contributed by atoms with E-state index in [0.29, 0.717) is 25.1 Å². The van der Waals surface area contributed by atoms with Crippen molar-refractivity contribution in [2.45, 2.75) is 63.7 Å². The Kier molecular flexibility index (Phi) is 12.5. The minimum atomic E-state index is -1.19. The summed E-state index contributed by atoms with van der Waals surface area (Å²) in [7, 11) is 0. The Bertz CT molecular complexity index is 775. The second-order valence-corrected chi connectivity index (χ2v) is 8.41. The molecule has 0 spiro atoms. The third-order valence-corrected chi connectivity index (χ3v) is 5.33. The van der Waals surface area contributed by atoms with Crippen LogP contribution in [0.5, 0.6) is 0 Å². The number of amides is 3. The standard InChI is InChI=1S/C20H35N7O5S/c1-11(2)16(20(31)32)27-18(29)14(7-12-8-23-10-24-12)25-19(30)15(9-33)26-17(28)13(22)5-3-4-6-21/h8,10-11,13-16,33H,3-7,9,21-22H2,1-2H3,(H,23,24)(H,25,30)(H,26,28)(H,27,29)(H,31,32). The lowest BCUT2D eigenvalue weighted by Crippen LogP contribution is -2.58. The molecule has 0 aliphatic heterocycles. The lowest BCUT2D eigenvalue weighted by molar-refractivity contribution is -0.143. The van der Waals surface area contributed by atoms with Gasteiger partial charge in [-0.2, -0.15) is 12.6 Å². The highest BCUT2D eigenvalue weighted by atomic mass is 32.1. The molecule has 0 aliphatic rings. The molecular formula is C20H35N7O5S. The maximum atomic E-state index is 12.9. The van der Waals surface area contributed by atoms with E-state index < -0.39 is 47.9 Å². The SMILES string of the molecule is CC(C)C(NC(=O)C(Cc1cnc[nH]1)NC(=O)C(CS)NC(=O)C(N)CCCCN)C(=O)O. The highest BCUT2D eigenvalue weighted by Gasteiger charge is 2.31. The average Bonchev–Trinajstić information content (AvgIpc) is 3.27. The number of imidazole rings is 1. The first-order valence-corrected chi connectivity index (χ1v) is 11.4. The highest BCUT2D eigenvalue weighted by Crippen LogP contribution is 2.06. The summed E-state index contributed by atoms with van der Waals surface area (Å²) in [6, 6.07) is -4.10. The number of thiol groups is 1. The van der Waals surface area contributed by atoms with Gasteiger partial charge >= 0.3 is 5.97 Å². The number of carbonyl (C=O) groups is 4. The molecule has 0 saturated heterocycles.